The van der Waals surface area contributed by atoms with Gasteiger partial charge in [-0.25, -0.2) is 4.79 Å². The molecule has 0 radical (unpaired) electrons. The molecular weight excluding hydrogens is 318 g/mol. The molecule has 1 heterocycles. The van der Waals surface area contributed by atoms with Crippen LogP contribution in [-0.4, -0.2) is 31.6 Å². The van der Waals surface area contributed by atoms with Gasteiger partial charge in [0, 0.05) is 16.7 Å². The van der Waals surface area contributed by atoms with E-state index in [1.54, 1.807) is 6.20 Å². The monoisotopic (exact) mass is 337 g/mol. The van der Waals surface area contributed by atoms with E-state index < -0.39 is 11.4 Å². The Morgan fingerprint density at radius 3 is 2.32 bits per heavy atom. The number of hydrogen-bond donors (Lipinski definition) is 3. The maximum atomic E-state index is 11.6. The fourth-order valence-corrected chi connectivity index (χ4v) is 2.81. The third-order valence-corrected chi connectivity index (χ3v) is 4.07. The molecule has 0 aliphatic rings. The zero-order valence-corrected chi connectivity index (χ0v) is 14.2. The fourth-order valence-electron chi connectivity index (χ4n) is 2.81. The minimum absolute atomic E-state index is 0.0773. The van der Waals surface area contributed by atoms with Gasteiger partial charge in [-0.3, -0.25) is 5.10 Å². The number of nitrogens with zero attached hydrogens (tertiary/aromatic N) is 2. The van der Waals surface area contributed by atoms with Crippen molar-refractivity contribution in [3.05, 3.63) is 53.7 Å². The summed E-state index contributed by atoms with van der Waals surface area (Å²) in [7, 11) is 0. The number of nitrogens with one attached hydrogen (secondary N) is 1. The summed E-state index contributed by atoms with van der Waals surface area (Å²) in [5.41, 5.74) is 2.84. The van der Waals surface area contributed by atoms with Gasteiger partial charge in [-0.05, 0) is 23.1 Å². The molecule has 6 heteroatoms. The predicted octanol–water partition coefficient (Wildman–Crippen LogP) is 3.84. The van der Waals surface area contributed by atoms with Gasteiger partial charge in [0.2, 0.25) is 0 Å². The number of benzene rings is 2. The molecule has 0 unspecified atom stereocenters. The highest BCUT2D eigenvalue weighted by Crippen LogP contribution is 2.42. The number of aromatic nitrogens is 3. The first kappa shape index (κ1) is 16.7. The minimum atomic E-state index is -1.04. The topological polar surface area (TPSA) is 99.1 Å². The first-order valence-corrected chi connectivity index (χ1v) is 7.86. The lowest BCUT2D eigenvalue weighted by Crippen LogP contribution is -2.13. The van der Waals surface area contributed by atoms with Crippen LogP contribution in [0.15, 0.2) is 42.6 Å². The van der Waals surface area contributed by atoms with Crippen molar-refractivity contribution >= 4 is 5.97 Å². The predicted molar refractivity (Wildman–Crippen MR) is 94.6 cm³/mol. The van der Waals surface area contributed by atoms with Gasteiger partial charge in [0.1, 0.15) is 11.4 Å². The van der Waals surface area contributed by atoms with Crippen molar-refractivity contribution in [3.63, 3.8) is 0 Å². The molecule has 1 aromatic heterocycles. The molecule has 25 heavy (non-hydrogen) atoms. The molecule has 0 aliphatic heterocycles. The number of phenols is 1. The quantitative estimate of drug-likeness (QED) is 0.674. The molecule has 0 spiro atoms. The van der Waals surface area contributed by atoms with E-state index >= 15 is 0 Å². The highest BCUT2D eigenvalue weighted by molar-refractivity contribution is 5.93. The average molecular weight is 337 g/mol. The Morgan fingerprint density at radius 1 is 1.08 bits per heavy atom. The lowest BCUT2D eigenvalue weighted by molar-refractivity contribution is 0.0696. The van der Waals surface area contributed by atoms with E-state index in [-0.39, 0.29) is 11.3 Å². The Labute approximate surface area is 145 Å². The number of H-pyrrole nitrogens is 1. The number of rotatable bonds is 3. The van der Waals surface area contributed by atoms with Gasteiger partial charge in [-0.15, -0.1) is 5.10 Å². The van der Waals surface area contributed by atoms with E-state index in [0.29, 0.717) is 22.4 Å². The summed E-state index contributed by atoms with van der Waals surface area (Å²) < 4.78 is 0. The Bertz CT molecular complexity index is 926. The fraction of sp³-hybridized carbons (Fsp3) is 0.211. The number of carbonyl (C=O) groups is 1. The third kappa shape index (κ3) is 3.10. The maximum Gasteiger partial charge on any atom is 0.335 e. The highest BCUT2D eigenvalue weighted by atomic mass is 16.4. The van der Waals surface area contributed by atoms with Gasteiger partial charge >= 0.3 is 5.97 Å². The van der Waals surface area contributed by atoms with Crippen molar-refractivity contribution in [3.8, 4) is 28.1 Å². The number of carboxylic acid groups (broad SMARTS) is 1. The van der Waals surface area contributed by atoms with Crippen LogP contribution in [0.5, 0.6) is 5.75 Å². The molecule has 0 saturated heterocycles. The zero-order chi connectivity index (χ0) is 18.2. The Hall–Kier alpha value is -3.15. The number of aromatic carboxylic acids is 1. The highest BCUT2D eigenvalue weighted by Gasteiger charge is 2.24. The van der Waals surface area contributed by atoms with E-state index in [1.807, 2.05) is 45.0 Å². The molecule has 3 aromatic rings. The second-order valence-electron chi connectivity index (χ2n) is 6.88. The van der Waals surface area contributed by atoms with Gasteiger partial charge in [0.25, 0.3) is 0 Å². The summed E-state index contributed by atoms with van der Waals surface area (Å²) in [6.07, 6.45) is 1.65. The Balaban J connectivity index is 2.32. The molecule has 0 amide bonds. The van der Waals surface area contributed by atoms with Crippen molar-refractivity contribution in [2.75, 3.05) is 0 Å². The average Bonchev–Trinajstić information content (AvgIpc) is 3.08. The van der Waals surface area contributed by atoms with Gasteiger partial charge < -0.3 is 10.2 Å². The molecule has 3 N–H and O–H groups in total. The SMILES string of the molecule is CC(C)(C)c1cc(C(=O)O)cc(-c2ccccc2-c2c[nH]nn2)c1O. The van der Waals surface area contributed by atoms with Gasteiger partial charge in [-0.1, -0.05) is 50.3 Å². The molecule has 0 aliphatic carbocycles. The second-order valence-corrected chi connectivity index (χ2v) is 6.88. The number of aromatic amines is 1. The summed E-state index contributed by atoms with van der Waals surface area (Å²) in [5, 5.41) is 30.8. The van der Waals surface area contributed by atoms with Crippen molar-refractivity contribution < 1.29 is 15.0 Å². The van der Waals surface area contributed by atoms with Crippen LogP contribution < -0.4 is 0 Å². The summed E-state index contributed by atoms with van der Waals surface area (Å²) >= 11 is 0. The second kappa shape index (κ2) is 6.05. The van der Waals surface area contributed by atoms with Crippen LogP contribution >= 0.6 is 0 Å². The van der Waals surface area contributed by atoms with E-state index in [0.717, 1.165) is 5.56 Å². The zero-order valence-electron chi connectivity index (χ0n) is 14.2. The van der Waals surface area contributed by atoms with Crippen LogP contribution in [0.25, 0.3) is 22.4 Å². The molecule has 0 atom stereocenters. The normalized spacial score (nSPS) is 11.5. The summed E-state index contributed by atoms with van der Waals surface area (Å²) in [6.45, 7) is 5.79. The molecule has 0 bridgehead atoms. The molecular formula is C19H19N3O3. The Morgan fingerprint density at radius 2 is 1.76 bits per heavy atom. The largest absolute Gasteiger partial charge is 0.507 e. The molecule has 3 rings (SSSR count). The summed E-state index contributed by atoms with van der Waals surface area (Å²) in [6, 6.07) is 10.4. The van der Waals surface area contributed by atoms with Crippen LogP contribution in [0.2, 0.25) is 0 Å². The van der Waals surface area contributed by atoms with E-state index in [9.17, 15) is 15.0 Å². The van der Waals surface area contributed by atoms with Crippen LogP contribution in [0.1, 0.15) is 36.7 Å². The smallest absolute Gasteiger partial charge is 0.335 e. The van der Waals surface area contributed by atoms with Crippen LogP contribution in [0.3, 0.4) is 0 Å². The van der Waals surface area contributed by atoms with E-state index in [4.69, 9.17) is 0 Å². The van der Waals surface area contributed by atoms with Crippen LogP contribution in [0.4, 0.5) is 0 Å². The minimum Gasteiger partial charge on any atom is -0.507 e. The third-order valence-electron chi connectivity index (χ3n) is 4.07. The first-order valence-electron chi connectivity index (χ1n) is 7.86. The van der Waals surface area contributed by atoms with Gasteiger partial charge in [0.05, 0.1) is 11.8 Å². The number of aromatic hydroxyl groups is 1. The molecule has 0 fully saturated rings. The van der Waals surface area contributed by atoms with Gasteiger partial charge in [-0.2, -0.15) is 0 Å². The number of carboxylic acids is 1. The molecule has 6 nitrogen and oxygen atoms in total. The summed E-state index contributed by atoms with van der Waals surface area (Å²) in [5.74, 6) is -0.959. The van der Waals surface area contributed by atoms with E-state index in [1.165, 1.54) is 12.1 Å². The Kier molecular flexibility index (Phi) is 4.04. The van der Waals surface area contributed by atoms with E-state index in [2.05, 4.69) is 15.4 Å². The molecule has 2 aromatic carbocycles. The van der Waals surface area contributed by atoms with Crippen molar-refractivity contribution in [2.24, 2.45) is 0 Å². The van der Waals surface area contributed by atoms with Crippen LogP contribution in [0, 0.1) is 0 Å². The van der Waals surface area contributed by atoms with Crippen LogP contribution in [-0.2, 0) is 5.41 Å². The standard InChI is InChI=1S/C19H19N3O3/c1-19(2,3)15-9-11(18(24)25)8-14(17(15)23)12-6-4-5-7-13(12)16-10-20-22-21-16/h4-10,23H,1-3H3,(H,24,25)(H,20,21,22). The first-order chi connectivity index (χ1) is 11.8. The maximum absolute atomic E-state index is 11.6. The molecule has 0 saturated carbocycles. The van der Waals surface area contributed by atoms with Crippen molar-refractivity contribution in [1.82, 2.24) is 15.4 Å². The summed E-state index contributed by atoms with van der Waals surface area (Å²) in [4.78, 5) is 11.6. The van der Waals surface area contributed by atoms with Crippen molar-refractivity contribution in [1.29, 1.82) is 0 Å². The lowest BCUT2D eigenvalue weighted by atomic mass is 9.82. The van der Waals surface area contributed by atoms with Crippen molar-refractivity contribution in [2.45, 2.75) is 26.2 Å². The lowest BCUT2D eigenvalue weighted by Gasteiger charge is -2.23. The number of phenolic OH excluding ortho intramolecular Hbond substituents is 1. The number of hydrogen-bond acceptors (Lipinski definition) is 4. The van der Waals surface area contributed by atoms with Gasteiger partial charge in [0.15, 0.2) is 0 Å². The molecule has 128 valence electrons.